The van der Waals surface area contributed by atoms with Crippen molar-refractivity contribution >= 4 is 33.2 Å². The number of nitrogens with one attached hydrogen (secondary N) is 1. The molecule has 1 aliphatic rings. The van der Waals surface area contributed by atoms with Gasteiger partial charge in [0.1, 0.15) is 41.0 Å². The van der Waals surface area contributed by atoms with Crippen molar-refractivity contribution < 1.29 is 36.3 Å². The number of primary amides is 1. The van der Waals surface area contributed by atoms with Crippen molar-refractivity contribution in [2.24, 2.45) is 5.73 Å². The monoisotopic (exact) mass is 561 g/mol. The summed E-state index contributed by atoms with van der Waals surface area (Å²) in [4.78, 5) is 29.4. The number of nitrogens with two attached hydrogens (primary N) is 1. The first-order chi connectivity index (χ1) is 18.4. The number of ether oxygens (including phenoxy) is 1. The number of halogens is 5. The molecule has 0 radical (unpaired) electrons. The summed E-state index contributed by atoms with van der Waals surface area (Å²) in [7, 11) is 0. The van der Waals surface area contributed by atoms with E-state index < -0.39 is 53.2 Å². The van der Waals surface area contributed by atoms with Crippen molar-refractivity contribution in [3.63, 3.8) is 0 Å². The molecule has 0 saturated carbocycles. The van der Waals surface area contributed by atoms with E-state index in [0.29, 0.717) is 10.1 Å². The van der Waals surface area contributed by atoms with Crippen molar-refractivity contribution in [1.82, 2.24) is 10.3 Å². The Kier molecular flexibility index (Phi) is 6.53. The molecule has 0 aliphatic carbocycles. The van der Waals surface area contributed by atoms with Crippen LogP contribution in [0.1, 0.15) is 33.8 Å². The van der Waals surface area contributed by atoms with Crippen LogP contribution in [0.15, 0.2) is 54.6 Å². The van der Waals surface area contributed by atoms with Gasteiger partial charge in [-0.25, -0.2) is 13.8 Å². The number of thiophene rings is 1. The third-order valence-corrected chi connectivity index (χ3v) is 7.79. The van der Waals surface area contributed by atoms with Gasteiger partial charge in [-0.2, -0.15) is 13.2 Å². The number of alkyl halides is 3. The third kappa shape index (κ3) is 4.91. The van der Waals surface area contributed by atoms with Gasteiger partial charge < -0.3 is 15.8 Å². The van der Waals surface area contributed by atoms with Gasteiger partial charge in [0, 0.05) is 22.4 Å². The van der Waals surface area contributed by atoms with Gasteiger partial charge in [-0.3, -0.25) is 9.59 Å². The number of amides is 2. The minimum atomic E-state index is -4.85. The van der Waals surface area contributed by atoms with Gasteiger partial charge in [0.25, 0.3) is 5.91 Å². The van der Waals surface area contributed by atoms with Crippen molar-refractivity contribution in [3.8, 4) is 17.0 Å². The lowest BCUT2D eigenvalue weighted by molar-refractivity contribution is -0.149. The standard InChI is InChI=1S/C27H20F5N3O3S/c1-26(25(33)37)12-38-23-17(26)10-19(35-22(23)13-2-4-15(28)5-3-13)18(27(30,31)32)11-34-24(36)21-9-14-8-16(29)6-7-20(14)39-21/h2-10,18H,11-12H2,1H3,(H2,33,37)(H,34,36)/t18?,26-/m0/s1. The van der Waals surface area contributed by atoms with Crippen LogP contribution in [0.4, 0.5) is 22.0 Å². The van der Waals surface area contributed by atoms with E-state index in [1.165, 1.54) is 43.3 Å². The summed E-state index contributed by atoms with van der Waals surface area (Å²) in [6, 6.07) is 11.4. The number of pyridine rings is 1. The van der Waals surface area contributed by atoms with E-state index in [0.717, 1.165) is 29.5 Å². The Labute approximate surface area is 222 Å². The average molecular weight is 562 g/mol. The van der Waals surface area contributed by atoms with Gasteiger partial charge in [0.2, 0.25) is 5.91 Å². The number of benzene rings is 2. The fraction of sp³-hybridized carbons (Fsp3) is 0.222. The van der Waals surface area contributed by atoms with Crippen molar-refractivity contribution in [2.75, 3.05) is 13.2 Å². The third-order valence-electron chi connectivity index (χ3n) is 6.67. The van der Waals surface area contributed by atoms with Crippen LogP contribution in [-0.2, 0) is 10.2 Å². The largest absolute Gasteiger partial charge is 0.489 e. The van der Waals surface area contributed by atoms with Crippen molar-refractivity contribution in [1.29, 1.82) is 0 Å². The molecule has 4 aromatic rings. The lowest BCUT2D eigenvalue weighted by Gasteiger charge is -2.24. The molecule has 0 spiro atoms. The minimum Gasteiger partial charge on any atom is -0.489 e. The van der Waals surface area contributed by atoms with Crippen molar-refractivity contribution in [2.45, 2.75) is 24.4 Å². The first-order valence-electron chi connectivity index (χ1n) is 11.6. The number of hydrogen-bond donors (Lipinski definition) is 2. The van der Waals surface area contributed by atoms with Crippen LogP contribution >= 0.6 is 11.3 Å². The normalized spacial score (nSPS) is 17.5. The highest BCUT2D eigenvalue weighted by Gasteiger charge is 2.47. The van der Waals surface area contributed by atoms with E-state index in [1.807, 2.05) is 0 Å². The van der Waals surface area contributed by atoms with E-state index in [-0.39, 0.29) is 34.1 Å². The second-order valence-corrected chi connectivity index (χ2v) is 10.4. The zero-order chi connectivity index (χ0) is 28.1. The predicted molar refractivity (Wildman–Crippen MR) is 135 cm³/mol. The number of hydrogen-bond acceptors (Lipinski definition) is 5. The summed E-state index contributed by atoms with van der Waals surface area (Å²) in [5, 5.41) is 2.75. The fourth-order valence-electron chi connectivity index (χ4n) is 4.39. The number of fused-ring (bicyclic) bond motifs is 2. The Morgan fingerprint density at radius 2 is 1.79 bits per heavy atom. The maximum absolute atomic E-state index is 14.4. The Balaban J connectivity index is 1.54. The molecule has 5 rings (SSSR count). The molecule has 3 heterocycles. The number of rotatable bonds is 6. The van der Waals surface area contributed by atoms with Gasteiger partial charge in [0.15, 0.2) is 0 Å². The van der Waals surface area contributed by atoms with Gasteiger partial charge in [-0.1, -0.05) is 0 Å². The Hall–Kier alpha value is -4.06. The van der Waals surface area contributed by atoms with E-state index >= 15 is 0 Å². The Morgan fingerprint density at radius 3 is 2.46 bits per heavy atom. The van der Waals surface area contributed by atoms with E-state index in [1.54, 1.807) is 0 Å². The van der Waals surface area contributed by atoms with Crippen LogP contribution in [0.2, 0.25) is 0 Å². The van der Waals surface area contributed by atoms with Crippen LogP contribution in [0.25, 0.3) is 21.3 Å². The molecule has 202 valence electrons. The van der Waals surface area contributed by atoms with E-state index in [4.69, 9.17) is 10.5 Å². The zero-order valence-electron chi connectivity index (χ0n) is 20.2. The SMILES string of the molecule is C[C@]1(C(N)=O)COc2c1cc(C(CNC(=O)c1cc3cc(F)ccc3s1)C(F)(F)F)nc2-c1ccc(F)cc1. The van der Waals surface area contributed by atoms with Gasteiger partial charge in [-0.15, -0.1) is 11.3 Å². The number of nitrogens with zero attached hydrogens (tertiary/aromatic N) is 1. The molecule has 12 heteroatoms. The van der Waals surface area contributed by atoms with Crippen LogP contribution in [0, 0.1) is 11.6 Å². The number of carbonyl (C=O) groups excluding carboxylic acids is 2. The maximum atomic E-state index is 14.4. The molecule has 0 fully saturated rings. The van der Waals surface area contributed by atoms with Crippen LogP contribution in [0.5, 0.6) is 5.75 Å². The molecule has 2 aromatic carbocycles. The molecule has 1 unspecified atom stereocenters. The molecule has 2 aromatic heterocycles. The summed E-state index contributed by atoms with van der Waals surface area (Å²) in [5.74, 6) is -4.83. The van der Waals surface area contributed by atoms with Crippen molar-refractivity contribution in [3.05, 3.63) is 82.4 Å². The molecule has 3 N–H and O–H groups in total. The molecule has 0 saturated heterocycles. The number of aromatic nitrogens is 1. The molecule has 39 heavy (non-hydrogen) atoms. The predicted octanol–water partition coefficient (Wildman–Crippen LogP) is 5.45. The lowest BCUT2D eigenvalue weighted by atomic mass is 9.82. The molecule has 0 bridgehead atoms. The first-order valence-corrected chi connectivity index (χ1v) is 12.5. The molecule has 6 nitrogen and oxygen atoms in total. The van der Waals surface area contributed by atoms with Gasteiger partial charge in [-0.05, 0) is 66.9 Å². The second-order valence-electron chi connectivity index (χ2n) is 9.36. The van der Waals surface area contributed by atoms with E-state index in [2.05, 4.69) is 10.3 Å². The quantitative estimate of drug-likeness (QED) is 0.306. The summed E-state index contributed by atoms with van der Waals surface area (Å²) in [6.45, 7) is 0.374. The first kappa shape index (κ1) is 26.5. The average Bonchev–Trinajstić information content (AvgIpc) is 3.45. The van der Waals surface area contributed by atoms with Gasteiger partial charge in [0.05, 0.1) is 10.6 Å². The maximum Gasteiger partial charge on any atom is 0.398 e. The molecule has 1 aliphatic heterocycles. The summed E-state index contributed by atoms with van der Waals surface area (Å²) in [5.41, 5.74) is 4.04. The lowest BCUT2D eigenvalue weighted by Crippen LogP contribution is -2.40. The summed E-state index contributed by atoms with van der Waals surface area (Å²) >= 11 is 1.02. The molecular weight excluding hydrogens is 541 g/mol. The van der Waals surface area contributed by atoms with Crippen LogP contribution in [0.3, 0.4) is 0 Å². The molecular formula is C27H20F5N3O3S. The highest BCUT2D eigenvalue weighted by molar-refractivity contribution is 7.20. The van der Waals surface area contributed by atoms with Crippen LogP contribution < -0.4 is 15.8 Å². The number of carbonyl (C=O) groups is 2. The zero-order valence-corrected chi connectivity index (χ0v) is 21.1. The molecule has 2 atom stereocenters. The topological polar surface area (TPSA) is 94.3 Å². The molecule has 2 amide bonds. The highest BCUT2D eigenvalue weighted by Crippen LogP contribution is 2.46. The second kappa shape index (κ2) is 9.60. The minimum absolute atomic E-state index is 0.0143. The summed E-state index contributed by atoms with van der Waals surface area (Å²) in [6.07, 6.45) is -4.85. The van der Waals surface area contributed by atoms with Crippen LogP contribution in [-0.4, -0.2) is 36.1 Å². The fourth-order valence-corrected chi connectivity index (χ4v) is 5.34. The van der Waals surface area contributed by atoms with Gasteiger partial charge >= 0.3 is 6.18 Å². The Morgan fingerprint density at radius 1 is 1.10 bits per heavy atom. The summed E-state index contributed by atoms with van der Waals surface area (Å²) < 4.78 is 76.4. The van der Waals surface area contributed by atoms with E-state index in [9.17, 15) is 31.5 Å². The Bertz CT molecular complexity index is 1600. The highest BCUT2D eigenvalue weighted by atomic mass is 32.1. The smallest absolute Gasteiger partial charge is 0.398 e.